The molecule has 3 saturated heterocycles. The van der Waals surface area contributed by atoms with Gasteiger partial charge in [-0.3, -0.25) is 19.8 Å². The molecule has 41 heavy (non-hydrogen) atoms. The van der Waals surface area contributed by atoms with E-state index in [0.717, 1.165) is 63.0 Å². The lowest BCUT2D eigenvalue weighted by Crippen LogP contribution is -2.54. The maximum atomic E-state index is 13.8. The number of hydrogen-bond acceptors (Lipinski definition) is 9. The second-order valence-corrected chi connectivity index (χ2v) is 12.3. The Morgan fingerprint density at radius 2 is 1.95 bits per heavy atom. The number of hydrazine groups is 1. The van der Waals surface area contributed by atoms with Gasteiger partial charge in [-0.2, -0.15) is 0 Å². The molecule has 10 nitrogen and oxygen atoms in total. The van der Waals surface area contributed by atoms with E-state index < -0.39 is 0 Å². The van der Waals surface area contributed by atoms with Crippen LogP contribution in [0.2, 0.25) is 5.02 Å². The summed E-state index contributed by atoms with van der Waals surface area (Å²) in [6.45, 7) is 5.28. The highest BCUT2D eigenvalue weighted by Gasteiger charge is 2.41. The Kier molecular flexibility index (Phi) is 8.64. The highest BCUT2D eigenvalue weighted by molar-refractivity contribution is 6.31. The number of fused-ring (bicyclic) bond motifs is 4. The Morgan fingerprint density at radius 1 is 1.05 bits per heavy atom. The third-order valence-electron chi connectivity index (χ3n) is 9.05. The molecule has 6 atom stereocenters. The summed E-state index contributed by atoms with van der Waals surface area (Å²) in [6.07, 6.45) is 11.9. The summed E-state index contributed by atoms with van der Waals surface area (Å²) in [6, 6.07) is 8.28. The highest BCUT2D eigenvalue weighted by atomic mass is 35.5. The predicted octanol–water partition coefficient (Wildman–Crippen LogP) is 3.60. The van der Waals surface area contributed by atoms with Crippen molar-refractivity contribution in [2.75, 3.05) is 32.0 Å². The molecular weight excluding hydrogens is 538 g/mol. The summed E-state index contributed by atoms with van der Waals surface area (Å²) in [7, 11) is 2.17. The number of anilines is 2. The fourth-order valence-corrected chi connectivity index (χ4v) is 7.14. The third-order valence-corrected chi connectivity index (χ3v) is 9.28. The number of aromatic nitrogens is 4. The van der Waals surface area contributed by atoms with E-state index in [0.29, 0.717) is 40.5 Å². The molecule has 5 heterocycles. The number of hydrogen-bond donors (Lipinski definition) is 4. The number of rotatable bonds is 4. The molecule has 0 radical (unpaired) electrons. The van der Waals surface area contributed by atoms with Crippen LogP contribution in [0.4, 0.5) is 11.5 Å². The van der Waals surface area contributed by atoms with Gasteiger partial charge in [0.05, 0.1) is 24.3 Å². The average molecular weight is 578 g/mol. The fourth-order valence-electron chi connectivity index (χ4n) is 6.97. The van der Waals surface area contributed by atoms with E-state index >= 15 is 0 Å². The maximum Gasteiger partial charge on any atom is 0.254 e. The Hall–Kier alpha value is -2.89. The van der Waals surface area contributed by atoms with Crippen LogP contribution in [0.1, 0.15) is 45.1 Å². The lowest BCUT2D eigenvalue weighted by molar-refractivity contribution is 0.108. The van der Waals surface area contributed by atoms with Gasteiger partial charge in [-0.1, -0.05) is 24.9 Å². The van der Waals surface area contributed by atoms with Gasteiger partial charge in [0.1, 0.15) is 5.82 Å². The first-order valence-electron chi connectivity index (χ1n) is 14.8. The largest absolute Gasteiger partial charge is 0.338 e. The van der Waals surface area contributed by atoms with Gasteiger partial charge < -0.3 is 16.0 Å². The second-order valence-electron chi connectivity index (χ2n) is 11.9. The molecular formula is C30H40ClN9O. The lowest BCUT2D eigenvalue weighted by atomic mass is 9.80. The Morgan fingerprint density at radius 3 is 2.78 bits per heavy atom. The molecule has 4 N–H and O–H groups in total. The van der Waals surface area contributed by atoms with Crippen LogP contribution in [0, 0.1) is 11.8 Å². The quantitative estimate of drug-likeness (QED) is 0.369. The first kappa shape index (κ1) is 28.2. The third kappa shape index (κ3) is 6.32. The molecule has 1 aromatic carbocycles. The van der Waals surface area contributed by atoms with Gasteiger partial charge in [0.25, 0.3) is 5.56 Å². The van der Waals surface area contributed by atoms with E-state index in [2.05, 4.69) is 50.3 Å². The van der Waals surface area contributed by atoms with Crippen LogP contribution >= 0.6 is 11.6 Å². The first-order valence-corrected chi connectivity index (χ1v) is 15.2. The van der Waals surface area contributed by atoms with Crippen LogP contribution in [-0.4, -0.2) is 69.3 Å². The van der Waals surface area contributed by atoms with Gasteiger partial charge in [-0.15, -0.1) is 0 Å². The zero-order valence-electron chi connectivity index (χ0n) is 23.8. The van der Waals surface area contributed by atoms with Crippen LogP contribution in [-0.2, 0) is 0 Å². The normalized spacial score (nSPS) is 29.2. The zero-order valence-corrected chi connectivity index (χ0v) is 24.5. The van der Waals surface area contributed by atoms with Crippen LogP contribution in [0.5, 0.6) is 0 Å². The zero-order chi connectivity index (χ0) is 28.3. The number of halogens is 1. The van der Waals surface area contributed by atoms with Crippen LogP contribution in [0.15, 0.2) is 54.0 Å². The summed E-state index contributed by atoms with van der Waals surface area (Å²) in [5.41, 5.74) is 5.59. The number of piperidine rings is 1. The number of likely N-dealkylation sites (N-methyl/N-ethyl adjacent to an activating group) is 1. The molecule has 6 rings (SSSR count). The molecule has 3 aliphatic rings. The van der Waals surface area contributed by atoms with Crippen molar-refractivity contribution >= 4 is 23.1 Å². The Balaban J connectivity index is 1.30. The summed E-state index contributed by atoms with van der Waals surface area (Å²) >= 11 is 6.38. The second kappa shape index (κ2) is 12.5. The van der Waals surface area contributed by atoms with Crippen molar-refractivity contribution in [2.45, 2.75) is 63.2 Å². The van der Waals surface area contributed by atoms with Gasteiger partial charge >= 0.3 is 0 Å². The number of nitrogens with zero attached hydrogens (tertiary/aromatic N) is 5. The lowest BCUT2D eigenvalue weighted by Gasteiger charge is -2.42. The molecule has 2 bridgehead atoms. The van der Waals surface area contributed by atoms with Crippen molar-refractivity contribution in [3.63, 3.8) is 0 Å². The van der Waals surface area contributed by atoms with E-state index in [4.69, 9.17) is 16.6 Å². The van der Waals surface area contributed by atoms with E-state index in [1.165, 1.54) is 0 Å². The molecule has 0 aliphatic carbocycles. The molecule has 218 valence electrons. The molecule has 4 unspecified atom stereocenters. The van der Waals surface area contributed by atoms with Crippen LogP contribution < -0.4 is 26.9 Å². The number of benzene rings is 1. The maximum absolute atomic E-state index is 13.8. The number of nitrogens with one attached hydrogen (secondary N) is 4. The fraction of sp³-hybridized carbons (Fsp3) is 0.533. The summed E-state index contributed by atoms with van der Waals surface area (Å²) in [5, 5.41) is 13.8. The topological polar surface area (TPSA) is 112 Å². The minimum absolute atomic E-state index is 0.0427. The highest BCUT2D eigenvalue weighted by Crippen LogP contribution is 2.34. The summed E-state index contributed by atoms with van der Waals surface area (Å²) in [5.74, 6) is 1.72. The molecule has 11 heteroatoms. The van der Waals surface area contributed by atoms with Crippen molar-refractivity contribution in [3.05, 3.63) is 64.6 Å². The van der Waals surface area contributed by atoms with Gasteiger partial charge in [-0.05, 0) is 68.8 Å². The van der Waals surface area contributed by atoms with E-state index in [9.17, 15) is 4.79 Å². The SMILES string of the molecule is C[C@@H]1CCC[C@H](n2cnc(-c3cc(Cl)ccc3Nc3cnccn3)cc2=O)C2CC(CCN2)C2C(CNN2C)NC1. The van der Waals surface area contributed by atoms with Crippen LogP contribution in [0.25, 0.3) is 11.3 Å². The predicted molar refractivity (Wildman–Crippen MR) is 162 cm³/mol. The van der Waals surface area contributed by atoms with Crippen LogP contribution in [0.3, 0.4) is 0 Å². The Labute approximate surface area is 246 Å². The Bertz CT molecular complexity index is 1390. The summed E-state index contributed by atoms with van der Waals surface area (Å²) in [4.78, 5) is 27.1. The molecule has 0 amide bonds. The minimum atomic E-state index is -0.0475. The average Bonchev–Trinajstić information content (AvgIpc) is 3.35. The molecule has 3 aliphatic heterocycles. The molecule has 3 aromatic rings. The van der Waals surface area contributed by atoms with Crippen molar-refractivity contribution in [1.29, 1.82) is 0 Å². The monoisotopic (exact) mass is 577 g/mol. The first-order chi connectivity index (χ1) is 20.0. The summed E-state index contributed by atoms with van der Waals surface area (Å²) < 4.78 is 1.87. The molecule has 0 spiro atoms. The molecule has 2 aromatic heterocycles. The van der Waals surface area contributed by atoms with Crippen molar-refractivity contribution in [3.8, 4) is 11.3 Å². The van der Waals surface area contributed by atoms with Gasteiger partial charge in [-0.25, -0.2) is 15.0 Å². The van der Waals surface area contributed by atoms with Gasteiger partial charge in [0.15, 0.2) is 0 Å². The van der Waals surface area contributed by atoms with Crippen molar-refractivity contribution in [1.82, 2.24) is 40.6 Å². The van der Waals surface area contributed by atoms with E-state index in [1.807, 2.05) is 16.7 Å². The van der Waals surface area contributed by atoms with Crippen molar-refractivity contribution < 1.29 is 0 Å². The van der Waals surface area contributed by atoms with Gasteiger partial charge in [0.2, 0.25) is 0 Å². The smallest absolute Gasteiger partial charge is 0.254 e. The van der Waals surface area contributed by atoms with E-state index in [-0.39, 0.29) is 17.6 Å². The van der Waals surface area contributed by atoms with Gasteiger partial charge in [0, 0.05) is 66.5 Å². The molecule has 3 fully saturated rings. The minimum Gasteiger partial charge on any atom is -0.338 e. The standard InChI is InChI=1S/C30H40ClN9O/c1-19-4-3-5-27(25-12-20(8-9-33-25)30-26(35-15-19)16-37-39(30)2)40-18-36-24(14-29(40)41)22-13-21(31)6-7-23(22)38-28-17-32-10-11-34-28/h6-7,10-11,13-14,17-20,25-27,30,33,35,37H,3-5,8-9,12,15-16H2,1-2H3,(H,34,38)/t19-,20?,25?,26?,27+,30?/m1/s1. The molecule has 0 saturated carbocycles. The van der Waals surface area contributed by atoms with E-state index in [1.54, 1.807) is 37.1 Å². The van der Waals surface area contributed by atoms with Crippen molar-refractivity contribution in [2.24, 2.45) is 11.8 Å².